The zero-order chi connectivity index (χ0) is 10.7. The smallest absolute Gasteiger partial charge is 0.0218 e. The minimum Gasteiger partial charge on any atom is -0.299 e. The van der Waals surface area contributed by atoms with Crippen molar-refractivity contribution in [3.8, 4) is 0 Å². The van der Waals surface area contributed by atoms with Crippen LogP contribution in [0.4, 0.5) is 0 Å². The molecule has 0 bridgehead atoms. The van der Waals surface area contributed by atoms with Crippen molar-refractivity contribution in [1.29, 1.82) is 0 Å². The fourth-order valence-electron chi connectivity index (χ4n) is 3.27. The van der Waals surface area contributed by atoms with Gasteiger partial charge in [0.2, 0.25) is 0 Å². The second-order valence-electron chi connectivity index (χ2n) is 5.49. The largest absolute Gasteiger partial charge is 0.299 e. The summed E-state index contributed by atoms with van der Waals surface area (Å²) in [6, 6.07) is 0.812. The molecule has 0 radical (unpaired) electrons. The van der Waals surface area contributed by atoms with Crippen LogP contribution in [0.3, 0.4) is 0 Å². The maximum Gasteiger partial charge on any atom is 0.0218 e. The van der Waals surface area contributed by atoms with Crippen molar-refractivity contribution in [3.63, 3.8) is 0 Å². The highest BCUT2D eigenvalue weighted by atomic mass is 79.9. The topological polar surface area (TPSA) is 3.24 Å². The summed E-state index contributed by atoms with van der Waals surface area (Å²) in [5.41, 5.74) is 0. The Bertz CT molecular complexity index is 189. The Hall–Kier alpha value is 0.440. The first-order valence-corrected chi connectivity index (χ1v) is 7.73. The Labute approximate surface area is 103 Å². The summed E-state index contributed by atoms with van der Waals surface area (Å²) in [5, 5.41) is 1.17. The Morgan fingerprint density at radius 1 is 1.13 bits per heavy atom. The van der Waals surface area contributed by atoms with Gasteiger partial charge in [-0.3, -0.25) is 4.90 Å². The minimum atomic E-state index is 0.812. The molecule has 0 aromatic carbocycles. The molecule has 2 atom stereocenters. The fourth-order valence-corrected chi connectivity index (χ4v) is 4.31. The lowest BCUT2D eigenvalue weighted by Crippen LogP contribution is -2.37. The van der Waals surface area contributed by atoms with E-state index in [4.69, 9.17) is 0 Å². The molecule has 15 heavy (non-hydrogen) atoms. The molecule has 1 nitrogen and oxygen atoms in total. The maximum atomic E-state index is 3.68. The maximum absolute atomic E-state index is 3.68. The summed E-state index contributed by atoms with van der Waals surface area (Å²) in [6.07, 6.45) is 8.82. The van der Waals surface area contributed by atoms with Gasteiger partial charge in [-0.15, -0.1) is 0 Å². The Morgan fingerprint density at radius 3 is 2.53 bits per heavy atom. The summed E-state index contributed by atoms with van der Waals surface area (Å²) >= 11 is 3.68. The number of hydrogen-bond acceptors (Lipinski definition) is 1. The van der Waals surface area contributed by atoms with E-state index in [0.717, 1.165) is 17.9 Å². The highest BCUT2D eigenvalue weighted by Gasteiger charge is 2.31. The fraction of sp³-hybridized carbons (Fsp3) is 1.00. The molecule has 1 aliphatic carbocycles. The molecule has 1 heterocycles. The summed E-state index contributed by atoms with van der Waals surface area (Å²) in [6.45, 7) is 5.13. The molecule has 0 amide bonds. The highest BCUT2D eigenvalue weighted by molar-refractivity contribution is 9.09. The SMILES string of the molecule is CC1CCN(CC2CCCCC2)C1CBr. The molecule has 88 valence electrons. The van der Waals surface area contributed by atoms with E-state index < -0.39 is 0 Å². The van der Waals surface area contributed by atoms with E-state index in [-0.39, 0.29) is 0 Å². The number of alkyl halides is 1. The molecule has 0 aromatic rings. The molecule has 2 unspecified atom stereocenters. The van der Waals surface area contributed by atoms with E-state index >= 15 is 0 Å². The van der Waals surface area contributed by atoms with Crippen LogP contribution in [0.15, 0.2) is 0 Å². The van der Waals surface area contributed by atoms with Gasteiger partial charge >= 0.3 is 0 Å². The first-order chi connectivity index (χ1) is 7.31. The first kappa shape index (κ1) is 11.9. The van der Waals surface area contributed by atoms with Crippen LogP contribution in [0.5, 0.6) is 0 Å². The number of nitrogens with zero attached hydrogens (tertiary/aromatic N) is 1. The zero-order valence-corrected chi connectivity index (χ0v) is 11.5. The molecular weight excluding hydrogens is 250 g/mol. The molecule has 0 N–H and O–H groups in total. The Kier molecular flexibility index (Phi) is 4.51. The zero-order valence-electron chi connectivity index (χ0n) is 9.92. The molecule has 1 aliphatic heterocycles. The predicted octanol–water partition coefficient (Wildman–Crippen LogP) is 3.67. The highest BCUT2D eigenvalue weighted by Crippen LogP contribution is 2.30. The van der Waals surface area contributed by atoms with Gasteiger partial charge in [-0.2, -0.15) is 0 Å². The third-order valence-corrected chi connectivity index (χ3v) is 5.04. The monoisotopic (exact) mass is 273 g/mol. The van der Waals surface area contributed by atoms with E-state index in [2.05, 4.69) is 27.8 Å². The molecule has 2 heteroatoms. The first-order valence-electron chi connectivity index (χ1n) is 6.61. The Balaban J connectivity index is 1.82. The van der Waals surface area contributed by atoms with E-state index in [1.165, 1.54) is 56.9 Å². The van der Waals surface area contributed by atoms with E-state index in [1.54, 1.807) is 0 Å². The van der Waals surface area contributed by atoms with E-state index in [9.17, 15) is 0 Å². The molecule has 2 fully saturated rings. The lowest BCUT2D eigenvalue weighted by Gasteiger charge is -2.31. The lowest BCUT2D eigenvalue weighted by atomic mass is 9.89. The van der Waals surface area contributed by atoms with Gasteiger partial charge in [-0.05, 0) is 37.6 Å². The van der Waals surface area contributed by atoms with Gasteiger partial charge in [0.05, 0.1) is 0 Å². The van der Waals surface area contributed by atoms with E-state index in [1.807, 2.05) is 0 Å². The quantitative estimate of drug-likeness (QED) is 0.710. The summed E-state index contributed by atoms with van der Waals surface area (Å²) in [5.74, 6) is 1.90. The standard InChI is InChI=1S/C13H24BrN/c1-11-7-8-15(13(11)9-14)10-12-5-3-2-4-6-12/h11-13H,2-10H2,1H3. The molecule has 1 saturated carbocycles. The van der Waals surface area contributed by atoms with E-state index in [0.29, 0.717) is 0 Å². The van der Waals surface area contributed by atoms with Gasteiger partial charge in [-0.25, -0.2) is 0 Å². The molecular formula is C13H24BrN. The van der Waals surface area contributed by atoms with Gasteiger partial charge in [-0.1, -0.05) is 42.1 Å². The molecule has 1 saturated heterocycles. The van der Waals surface area contributed by atoms with Gasteiger partial charge in [0.15, 0.2) is 0 Å². The van der Waals surface area contributed by atoms with Crippen LogP contribution in [0.2, 0.25) is 0 Å². The van der Waals surface area contributed by atoms with Crippen molar-refractivity contribution in [3.05, 3.63) is 0 Å². The minimum absolute atomic E-state index is 0.812. The van der Waals surface area contributed by atoms with Crippen molar-refractivity contribution in [2.75, 3.05) is 18.4 Å². The third-order valence-electron chi connectivity index (χ3n) is 4.37. The average molecular weight is 274 g/mol. The van der Waals surface area contributed by atoms with Crippen LogP contribution < -0.4 is 0 Å². The molecule has 2 rings (SSSR count). The van der Waals surface area contributed by atoms with Gasteiger partial charge in [0.25, 0.3) is 0 Å². The van der Waals surface area contributed by atoms with Crippen LogP contribution in [0, 0.1) is 11.8 Å². The van der Waals surface area contributed by atoms with Crippen LogP contribution in [-0.2, 0) is 0 Å². The van der Waals surface area contributed by atoms with Crippen molar-refractivity contribution in [1.82, 2.24) is 4.90 Å². The normalized spacial score (nSPS) is 34.8. The summed E-state index contributed by atoms with van der Waals surface area (Å²) in [7, 11) is 0. The molecule has 2 aliphatic rings. The molecule has 0 aromatic heterocycles. The second-order valence-corrected chi connectivity index (χ2v) is 6.13. The summed E-state index contributed by atoms with van der Waals surface area (Å²) < 4.78 is 0. The second kappa shape index (κ2) is 5.67. The number of hydrogen-bond donors (Lipinski definition) is 0. The van der Waals surface area contributed by atoms with Gasteiger partial charge < -0.3 is 0 Å². The summed E-state index contributed by atoms with van der Waals surface area (Å²) in [4.78, 5) is 2.75. The van der Waals surface area contributed by atoms with Crippen LogP contribution >= 0.6 is 15.9 Å². The van der Waals surface area contributed by atoms with Gasteiger partial charge in [0.1, 0.15) is 0 Å². The third kappa shape index (κ3) is 2.97. The lowest BCUT2D eigenvalue weighted by molar-refractivity contribution is 0.188. The average Bonchev–Trinajstić information content (AvgIpc) is 2.61. The van der Waals surface area contributed by atoms with Crippen molar-refractivity contribution in [2.45, 2.75) is 51.5 Å². The number of halogens is 1. The Morgan fingerprint density at radius 2 is 1.87 bits per heavy atom. The number of likely N-dealkylation sites (tertiary alicyclic amines) is 1. The van der Waals surface area contributed by atoms with Crippen molar-refractivity contribution < 1.29 is 0 Å². The molecule has 0 spiro atoms. The van der Waals surface area contributed by atoms with Crippen molar-refractivity contribution >= 4 is 15.9 Å². The van der Waals surface area contributed by atoms with Crippen LogP contribution in [0.25, 0.3) is 0 Å². The number of rotatable bonds is 3. The predicted molar refractivity (Wildman–Crippen MR) is 69.5 cm³/mol. The van der Waals surface area contributed by atoms with Gasteiger partial charge in [0, 0.05) is 17.9 Å². The van der Waals surface area contributed by atoms with Crippen molar-refractivity contribution in [2.24, 2.45) is 11.8 Å². The van der Waals surface area contributed by atoms with Crippen LogP contribution in [0.1, 0.15) is 45.4 Å². The van der Waals surface area contributed by atoms with Crippen LogP contribution in [-0.4, -0.2) is 29.4 Å².